The third-order valence-electron chi connectivity index (χ3n) is 3.80. The molecule has 0 aliphatic carbocycles. The number of methoxy groups -OCH3 is 1. The van der Waals surface area contributed by atoms with Gasteiger partial charge in [0.25, 0.3) is 0 Å². The van der Waals surface area contributed by atoms with Crippen LogP contribution in [-0.2, 0) is 10.0 Å². The van der Waals surface area contributed by atoms with Crippen LogP contribution in [-0.4, -0.2) is 39.5 Å². The first-order valence-electron chi connectivity index (χ1n) is 7.02. The summed E-state index contributed by atoms with van der Waals surface area (Å²) in [6, 6.07) is 5.03. The Labute approximate surface area is 134 Å². The van der Waals surface area contributed by atoms with Gasteiger partial charge < -0.3 is 10.5 Å². The van der Waals surface area contributed by atoms with Crippen molar-refractivity contribution in [2.24, 2.45) is 11.7 Å². The lowest BCUT2D eigenvalue weighted by molar-refractivity contribution is 0.257. The van der Waals surface area contributed by atoms with E-state index in [-0.39, 0.29) is 4.90 Å². The number of rotatable bonds is 5. The minimum Gasteiger partial charge on any atom is -0.495 e. The third-order valence-corrected chi connectivity index (χ3v) is 6.18. The molecule has 118 valence electrons. The second kappa shape index (κ2) is 7.09. The van der Waals surface area contributed by atoms with Crippen molar-refractivity contribution in [1.29, 1.82) is 0 Å². The van der Waals surface area contributed by atoms with Crippen LogP contribution in [0.25, 0.3) is 0 Å². The van der Waals surface area contributed by atoms with Crippen LogP contribution in [0, 0.1) is 5.92 Å². The van der Waals surface area contributed by atoms with E-state index in [1.54, 1.807) is 22.5 Å². The Morgan fingerprint density at radius 1 is 1.48 bits per heavy atom. The lowest BCUT2D eigenvalue weighted by Gasteiger charge is -2.32. The third kappa shape index (κ3) is 3.77. The molecular formula is C14H21BrN2O3S. The van der Waals surface area contributed by atoms with Crippen LogP contribution in [0.4, 0.5) is 0 Å². The maximum atomic E-state index is 12.9. The molecule has 1 aliphatic heterocycles. The molecule has 1 atom stereocenters. The van der Waals surface area contributed by atoms with Crippen LogP contribution in [0.1, 0.15) is 19.3 Å². The zero-order valence-electron chi connectivity index (χ0n) is 12.1. The summed E-state index contributed by atoms with van der Waals surface area (Å²) in [6.45, 7) is 1.69. The van der Waals surface area contributed by atoms with Gasteiger partial charge in [0, 0.05) is 17.6 Å². The molecule has 0 bridgehead atoms. The smallest absolute Gasteiger partial charge is 0.246 e. The highest BCUT2D eigenvalue weighted by molar-refractivity contribution is 9.10. The van der Waals surface area contributed by atoms with Gasteiger partial charge in [0.05, 0.1) is 7.11 Å². The Balaban J connectivity index is 2.31. The van der Waals surface area contributed by atoms with Crippen molar-refractivity contribution in [2.45, 2.75) is 24.2 Å². The molecule has 1 heterocycles. The van der Waals surface area contributed by atoms with Gasteiger partial charge in [0.15, 0.2) is 0 Å². The van der Waals surface area contributed by atoms with E-state index in [0.29, 0.717) is 31.3 Å². The Morgan fingerprint density at radius 2 is 2.24 bits per heavy atom. The second-order valence-electron chi connectivity index (χ2n) is 5.24. The standard InChI is InChI=1S/C14H21BrN2O3S/c1-20-13-5-4-12(15)9-14(13)21(18,19)17-8-2-3-11(10-17)6-7-16/h4-5,9,11H,2-3,6-8,10,16H2,1H3. The van der Waals surface area contributed by atoms with Crippen LogP contribution >= 0.6 is 15.9 Å². The van der Waals surface area contributed by atoms with Crippen molar-refractivity contribution >= 4 is 26.0 Å². The van der Waals surface area contributed by atoms with Crippen LogP contribution in [0.2, 0.25) is 0 Å². The molecule has 0 saturated carbocycles. The predicted octanol–water partition coefficient (Wildman–Crippen LogP) is 2.21. The Kier molecular flexibility index (Phi) is 5.65. The Bertz CT molecular complexity index is 590. The zero-order valence-corrected chi connectivity index (χ0v) is 14.5. The van der Waals surface area contributed by atoms with E-state index < -0.39 is 10.0 Å². The number of benzene rings is 1. The summed E-state index contributed by atoms with van der Waals surface area (Å²) in [5.41, 5.74) is 5.60. The topological polar surface area (TPSA) is 72.6 Å². The van der Waals surface area contributed by atoms with Crippen LogP contribution in [0.3, 0.4) is 0 Å². The molecule has 1 aromatic carbocycles. The average molecular weight is 377 g/mol. The summed E-state index contributed by atoms with van der Waals surface area (Å²) in [5, 5.41) is 0. The molecule has 1 saturated heterocycles. The molecule has 21 heavy (non-hydrogen) atoms. The van der Waals surface area contributed by atoms with Gasteiger partial charge in [0.2, 0.25) is 10.0 Å². The number of hydrogen-bond acceptors (Lipinski definition) is 4. The molecule has 1 aromatic rings. The number of halogens is 1. The first-order valence-corrected chi connectivity index (χ1v) is 9.26. The number of piperidine rings is 1. The maximum absolute atomic E-state index is 12.9. The first-order chi connectivity index (χ1) is 9.98. The molecule has 5 nitrogen and oxygen atoms in total. The summed E-state index contributed by atoms with van der Waals surface area (Å²) >= 11 is 3.32. The molecule has 0 radical (unpaired) electrons. The number of nitrogens with two attached hydrogens (primary N) is 1. The fraction of sp³-hybridized carbons (Fsp3) is 0.571. The molecule has 1 aliphatic rings. The van der Waals surface area contributed by atoms with Crippen molar-refractivity contribution in [1.82, 2.24) is 4.31 Å². The molecular weight excluding hydrogens is 356 g/mol. The van der Waals surface area contributed by atoms with Gasteiger partial charge >= 0.3 is 0 Å². The van der Waals surface area contributed by atoms with Crippen molar-refractivity contribution in [3.05, 3.63) is 22.7 Å². The van der Waals surface area contributed by atoms with Crippen molar-refractivity contribution in [3.8, 4) is 5.75 Å². The number of nitrogens with zero attached hydrogens (tertiary/aromatic N) is 1. The van der Waals surface area contributed by atoms with Gasteiger partial charge in [-0.3, -0.25) is 0 Å². The highest BCUT2D eigenvalue weighted by Gasteiger charge is 2.32. The SMILES string of the molecule is COc1ccc(Br)cc1S(=O)(=O)N1CCCC(CCN)C1. The van der Waals surface area contributed by atoms with Gasteiger partial charge in [0.1, 0.15) is 10.6 Å². The molecule has 0 spiro atoms. The molecule has 2 N–H and O–H groups in total. The van der Waals surface area contributed by atoms with Crippen LogP contribution in [0.5, 0.6) is 5.75 Å². The van der Waals surface area contributed by atoms with Crippen molar-refractivity contribution in [2.75, 3.05) is 26.7 Å². The summed E-state index contributed by atoms with van der Waals surface area (Å²) in [7, 11) is -2.06. The molecule has 2 rings (SSSR count). The Hall–Kier alpha value is -0.630. The second-order valence-corrected chi connectivity index (χ2v) is 8.07. The highest BCUT2D eigenvalue weighted by atomic mass is 79.9. The summed E-state index contributed by atoms with van der Waals surface area (Å²) in [6.07, 6.45) is 2.78. The quantitative estimate of drug-likeness (QED) is 0.854. The molecule has 0 aromatic heterocycles. The average Bonchev–Trinajstić information content (AvgIpc) is 2.48. The van der Waals surface area contributed by atoms with E-state index in [4.69, 9.17) is 10.5 Å². The fourth-order valence-electron chi connectivity index (χ4n) is 2.71. The molecule has 1 fully saturated rings. The van der Waals surface area contributed by atoms with Gasteiger partial charge in [-0.1, -0.05) is 15.9 Å². The van der Waals surface area contributed by atoms with E-state index in [1.807, 2.05) is 0 Å². The molecule has 1 unspecified atom stereocenters. The van der Waals surface area contributed by atoms with E-state index in [1.165, 1.54) is 7.11 Å². The highest BCUT2D eigenvalue weighted by Crippen LogP contribution is 2.32. The largest absolute Gasteiger partial charge is 0.495 e. The van der Waals surface area contributed by atoms with E-state index >= 15 is 0 Å². The van der Waals surface area contributed by atoms with Gasteiger partial charge in [-0.05, 0) is 49.9 Å². The van der Waals surface area contributed by atoms with Crippen molar-refractivity contribution in [3.63, 3.8) is 0 Å². The van der Waals surface area contributed by atoms with E-state index in [0.717, 1.165) is 23.7 Å². The summed E-state index contributed by atoms with van der Waals surface area (Å²) < 4.78 is 33.2. The summed E-state index contributed by atoms with van der Waals surface area (Å²) in [4.78, 5) is 0.216. The van der Waals surface area contributed by atoms with Gasteiger partial charge in [-0.2, -0.15) is 4.31 Å². The Morgan fingerprint density at radius 3 is 2.90 bits per heavy atom. The van der Waals surface area contributed by atoms with Gasteiger partial charge in [-0.25, -0.2) is 8.42 Å². The lowest BCUT2D eigenvalue weighted by Crippen LogP contribution is -2.40. The predicted molar refractivity (Wildman–Crippen MR) is 85.8 cm³/mol. The minimum absolute atomic E-state index is 0.216. The first kappa shape index (κ1) is 16.7. The van der Waals surface area contributed by atoms with Crippen molar-refractivity contribution < 1.29 is 13.2 Å². The number of ether oxygens (including phenoxy) is 1. The molecule has 0 amide bonds. The summed E-state index contributed by atoms with van der Waals surface area (Å²) in [5.74, 6) is 0.718. The van der Waals surface area contributed by atoms with Gasteiger partial charge in [-0.15, -0.1) is 0 Å². The number of sulfonamides is 1. The monoisotopic (exact) mass is 376 g/mol. The van der Waals surface area contributed by atoms with Crippen LogP contribution < -0.4 is 10.5 Å². The maximum Gasteiger partial charge on any atom is 0.246 e. The normalized spacial score (nSPS) is 20.4. The molecule has 7 heteroatoms. The van der Waals surface area contributed by atoms with Crippen LogP contribution in [0.15, 0.2) is 27.6 Å². The lowest BCUT2D eigenvalue weighted by atomic mass is 9.96. The fourth-order valence-corrected chi connectivity index (χ4v) is 4.96. The minimum atomic E-state index is -3.54. The van der Waals surface area contributed by atoms with E-state index in [2.05, 4.69) is 15.9 Å². The van der Waals surface area contributed by atoms with E-state index in [9.17, 15) is 8.42 Å². The zero-order chi connectivity index (χ0) is 15.5. The number of hydrogen-bond donors (Lipinski definition) is 1.